The second kappa shape index (κ2) is 7.62. The third-order valence-corrected chi connectivity index (χ3v) is 6.88. The zero-order valence-corrected chi connectivity index (χ0v) is 18.3. The lowest BCUT2D eigenvalue weighted by Crippen LogP contribution is -2.35. The topological polar surface area (TPSA) is 59.8 Å². The van der Waals surface area contributed by atoms with Crippen LogP contribution in [-0.2, 0) is 4.79 Å². The molecule has 1 fully saturated rings. The van der Waals surface area contributed by atoms with Crippen LogP contribution < -0.4 is 15.1 Å². The van der Waals surface area contributed by atoms with Gasteiger partial charge in [0.05, 0.1) is 16.6 Å². The van der Waals surface area contributed by atoms with Crippen molar-refractivity contribution in [3.63, 3.8) is 0 Å². The van der Waals surface area contributed by atoms with E-state index in [0.717, 1.165) is 11.1 Å². The molecular weight excluding hydrogens is 414 g/mol. The highest BCUT2D eigenvalue weighted by Crippen LogP contribution is 2.42. The summed E-state index contributed by atoms with van der Waals surface area (Å²) in [7, 11) is 1.70. The van der Waals surface area contributed by atoms with Crippen LogP contribution in [0.25, 0.3) is 33.4 Å². The van der Waals surface area contributed by atoms with Crippen LogP contribution in [0, 0.1) is 0 Å². The molecule has 1 aromatic heterocycles. The average molecular weight is 437 g/mol. The van der Waals surface area contributed by atoms with Gasteiger partial charge < -0.3 is 14.1 Å². The molecule has 1 amide bonds. The van der Waals surface area contributed by atoms with Crippen molar-refractivity contribution in [3.8, 4) is 28.2 Å². The van der Waals surface area contributed by atoms with Crippen LogP contribution in [-0.4, -0.2) is 19.6 Å². The predicted octanol–water partition coefficient (Wildman–Crippen LogP) is 5.75. The van der Waals surface area contributed by atoms with Crippen LogP contribution in [0.3, 0.4) is 0 Å². The van der Waals surface area contributed by atoms with Gasteiger partial charge in [-0.3, -0.25) is 9.59 Å². The maximum Gasteiger partial charge on any atom is 0.264 e. The molecule has 0 unspecified atom stereocenters. The Kier molecular flexibility index (Phi) is 4.57. The molecule has 3 aromatic carbocycles. The third-order valence-electron chi connectivity index (χ3n) is 6.88. The van der Waals surface area contributed by atoms with E-state index in [1.165, 1.54) is 29.7 Å². The number of nitrogens with zero attached hydrogens (tertiary/aromatic N) is 1. The first-order valence-corrected chi connectivity index (χ1v) is 11.3. The largest absolute Gasteiger partial charge is 0.478 e. The molecule has 1 aliphatic carbocycles. The first-order valence-electron chi connectivity index (χ1n) is 11.3. The number of benzene rings is 3. The van der Waals surface area contributed by atoms with Crippen LogP contribution in [0.2, 0.25) is 0 Å². The maximum atomic E-state index is 13.8. The van der Waals surface area contributed by atoms with Crippen molar-refractivity contribution < 1.29 is 13.9 Å². The highest BCUT2D eigenvalue weighted by atomic mass is 16.5. The summed E-state index contributed by atoms with van der Waals surface area (Å²) in [5.41, 5.74) is 4.35. The Balaban J connectivity index is 1.61. The number of anilines is 1. The molecule has 0 radical (unpaired) electrons. The summed E-state index contributed by atoms with van der Waals surface area (Å²) in [5, 5.41) is 0.439. The smallest absolute Gasteiger partial charge is 0.264 e. The lowest BCUT2D eigenvalue weighted by molar-refractivity contribution is -0.120. The Labute approximate surface area is 191 Å². The second-order valence-electron chi connectivity index (χ2n) is 8.78. The number of rotatable bonds is 3. The minimum Gasteiger partial charge on any atom is -0.478 e. The number of fused-ring (bicyclic) bond motifs is 3. The van der Waals surface area contributed by atoms with Crippen molar-refractivity contribution in [2.45, 2.75) is 25.2 Å². The molecule has 2 aliphatic rings. The number of amides is 1. The molecule has 164 valence electrons. The van der Waals surface area contributed by atoms with E-state index in [2.05, 4.69) is 12.1 Å². The van der Waals surface area contributed by atoms with Crippen molar-refractivity contribution in [2.24, 2.45) is 0 Å². The van der Waals surface area contributed by atoms with Gasteiger partial charge >= 0.3 is 0 Å². The van der Waals surface area contributed by atoms with Gasteiger partial charge in [-0.1, -0.05) is 61.0 Å². The summed E-state index contributed by atoms with van der Waals surface area (Å²) in [6, 6.07) is 21.4. The summed E-state index contributed by atoms with van der Waals surface area (Å²) in [6.07, 6.45) is 3.75. The van der Waals surface area contributed by atoms with Crippen LogP contribution in [0.4, 0.5) is 5.69 Å². The van der Waals surface area contributed by atoms with Gasteiger partial charge in [-0.15, -0.1) is 0 Å². The summed E-state index contributed by atoms with van der Waals surface area (Å²) in [6.45, 7) is -0.0859. The molecule has 0 atom stereocenters. The molecular formula is C28H23NO4. The first-order chi connectivity index (χ1) is 16.1. The Morgan fingerprint density at radius 1 is 0.879 bits per heavy atom. The van der Waals surface area contributed by atoms with E-state index in [9.17, 15) is 9.59 Å². The molecule has 1 aliphatic heterocycles. The zero-order valence-electron chi connectivity index (χ0n) is 18.3. The number of hydrogen-bond donors (Lipinski definition) is 0. The molecule has 0 N–H and O–H groups in total. The predicted molar refractivity (Wildman–Crippen MR) is 129 cm³/mol. The molecule has 0 bridgehead atoms. The summed E-state index contributed by atoms with van der Waals surface area (Å²) in [4.78, 5) is 27.5. The van der Waals surface area contributed by atoms with Gasteiger partial charge in [0, 0.05) is 12.6 Å². The molecule has 2 heterocycles. The van der Waals surface area contributed by atoms with Crippen molar-refractivity contribution in [2.75, 3.05) is 18.6 Å². The van der Waals surface area contributed by atoms with Crippen molar-refractivity contribution in [1.29, 1.82) is 0 Å². The number of likely N-dealkylation sites (N-methyl/N-ethyl adjacent to an activating group) is 1. The molecule has 1 saturated carbocycles. The molecule has 5 nitrogen and oxygen atoms in total. The monoisotopic (exact) mass is 437 g/mol. The van der Waals surface area contributed by atoms with Gasteiger partial charge in [0.15, 0.2) is 17.9 Å². The Morgan fingerprint density at radius 2 is 1.64 bits per heavy atom. The zero-order chi connectivity index (χ0) is 22.5. The number of carbonyl (C=O) groups is 1. The molecule has 4 aromatic rings. The Bertz CT molecular complexity index is 1430. The van der Waals surface area contributed by atoms with Gasteiger partial charge in [-0.05, 0) is 42.0 Å². The van der Waals surface area contributed by atoms with E-state index in [1.807, 2.05) is 42.5 Å². The van der Waals surface area contributed by atoms with E-state index in [1.54, 1.807) is 19.2 Å². The Morgan fingerprint density at radius 3 is 2.33 bits per heavy atom. The maximum absolute atomic E-state index is 13.8. The van der Waals surface area contributed by atoms with Crippen LogP contribution in [0.5, 0.6) is 5.75 Å². The molecule has 0 saturated heterocycles. The van der Waals surface area contributed by atoms with Gasteiger partial charge in [0.2, 0.25) is 5.43 Å². The van der Waals surface area contributed by atoms with E-state index < -0.39 is 0 Å². The van der Waals surface area contributed by atoms with Gasteiger partial charge in [0.25, 0.3) is 5.91 Å². The first kappa shape index (κ1) is 19.8. The fraction of sp³-hybridized carbons (Fsp3) is 0.214. The van der Waals surface area contributed by atoms with Crippen LogP contribution in [0.1, 0.15) is 30.7 Å². The summed E-state index contributed by atoms with van der Waals surface area (Å²) >= 11 is 0. The second-order valence-corrected chi connectivity index (χ2v) is 8.78. The van der Waals surface area contributed by atoms with E-state index in [4.69, 9.17) is 9.15 Å². The quantitative estimate of drug-likeness (QED) is 0.409. The van der Waals surface area contributed by atoms with Crippen molar-refractivity contribution in [1.82, 2.24) is 0 Å². The number of ether oxygens (including phenoxy) is 1. The number of hydrogen-bond acceptors (Lipinski definition) is 4. The SMILES string of the molecule is CN1C(=O)COc2c1ccc1c(=O)c(-c3ccc(C4CCC4)cc3)c(-c3ccccc3)oc21. The molecule has 0 spiro atoms. The average Bonchev–Trinajstić information content (AvgIpc) is 2.81. The molecule has 33 heavy (non-hydrogen) atoms. The van der Waals surface area contributed by atoms with Gasteiger partial charge in [0.1, 0.15) is 5.76 Å². The lowest BCUT2D eigenvalue weighted by Gasteiger charge is -2.26. The minimum atomic E-state index is -0.143. The highest BCUT2D eigenvalue weighted by Gasteiger charge is 2.28. The number of carbonyl (C=O) groups excluding carboxylic acids is 1. The molecule has 6 rings (SSSR count). The standard InChI is InChI=1S/C28H23NO4/c1-29-22-15-14-21-25(31)24(19-12-10-18(11-13-19)17-8-5-9-17)26(20-6-3-2-4-7-20)33-27(21)28(22)32-16-23(29)30/h2-4,6-7,10-15,17H,5,8-9,16H2,1H3. The lowest BCUT2D eigenvalue weighted by atomic mass is 9.80. The van der Waals surface area contributed by atoms with Gasteiger partial charge in [-0.25, -0.2) is 0 Å². The fourth-order valence-electron chi connectivity index (χ4n) is 4.71. The minimum absolute atomic E-state index is 0.0859. The summed E-state index contributed by atoms with van der Waals surface area (Å²) < 4.78 is 12.2. The van der Waals surface area contributed by atoms with Crippen LogP contribution in [0.15, 0.2) is 75.9 Å². The van der Waals surface area contributed by atoms with Crippen molar-refractivity contribution in [3.05, 3.63) is 82.5 Å². The van der Waals surface area contributed by atoms with E-state index in [-0.39, 0.29) is 17.9 Å². The third kappa shape index (κ3) is 3.15. The fourth-order valence-corrected chi connectivity index (χ4v) is 4.71. The van der Waals surface area contributed by atoms with E-state index >= 15 is 0 Å². The Hall–Kier alpha value is -3.86. The van der Waals surface area contributed by atoms with Crippen molar-refractivity contribution >= 4 is 22.6 Å². The normalized spacial score (nSPS) is 15.8. The van der Waals surface area contributed by atoms with Gasteiger partial charge in [-0.2, -0.15) is 0 Å². The van der Waals surface area contributed by atoms with Crippen LogP contribution >= 0.6 is 0 Å². The van der Waals surface area contributed by atoms with E-state index in [0.29, 0.717) is 39.6 Å². The molecule has 5 heteroatoms. The summed E-state index contributed by atoms with van der Waals surface area (Å²) in [5.74, 6) is 1.41. The highest BCUT2D eigenvalue weighted by molar-refractivity contribution is 6.03.